The third kappa shape index (κ3) is 20.6. The fourth-order valence-corrected chi connectivity index (χ4v) is 10.9. The number of amides is 8. The lowest BCUT2D eigenvalue weighted by Crippen LogP contribution is -2.61. The van der Waals surface area contributed by atoms with Crippen LogP contribution in [0, 0.1) is 29.6 Å². The van der Waals surface area contributed by atoms with Gasteiger partial charge in [0.05, 0.1) is 53.6 Å². The monoisotopic (exact) mass is 1110 g/mol. The number of sulfonamides is 1. The van der Waals surface area contributed by atoms with Gasteiger partial charge >= 0.3 is 12.1 Å². The number of hydrogen-bond donors (Lipinski definition) is 8. The van der Waals surface area contributed by atoms with Crippen LogP contribution < -0.4 is 37.0 Å². The summed E-state index contributed by atoms with van der Waals surface area (Å²) in [5, 5.41) is 24.8. The summed E-state index contributed by atoms with van der Waals surface area (Å²) in [5.74, 6) is -4.46. The van der Waals surface area contributed by atoms with Crippen LogP contribution in [0.15, 0.2) is 29.2 Å². The standard InChI is InChI=1S/C53H94N10O13S/c1-18-33(8)44(62(15)50(69)42(31(4)5)58-49(68)43(32(6)7)61(13)14)39(74-16)29-40(64)63-28-20-22-38(63)45(75-17)34(9)46(65)60-77(72,73)36-25-23-35(24-26-36)56-47(66)37(21-19-27-55-51(54)70)57-48(67)41(30(2)3)59-52(71)76-53(10,11)12/h23-26,30-34,37-39,41-45,49,58,68H,18-22,27-29H2,1-17H3,(H,56,66)(H,57,67)(H,59,71)(H,60,65)(H3,54,55,70)/t33-,34+,37-,38-,39+,41-,42-,43-,44-,45+,49?/m0/s1. The smallest absolute Gasteiger partial charge is 0.408 e. The molecule has 8 amide bonds. The molecule has 1 aliphatic heterocycles. The number of methoxy groups -OCH3 is 2. The van der Waals surface area contributed by atoms with E-state index in [2.05, 4.69) is 31.3 Å². The molecule has 9 N–H and O–H groups in total. The van der Waals surface area contributed by atoms with Gasteiger partial charge in [-0.15, -0.1) is 0 Å². The fourth-order valence-electron chi connectivity index (χ4n) is 9.85. The number of nitrogens with one attached hydrogen (secondary N) is 6. The number of aliphatic hydroxyl groups is 1. The maximum absolute atomic E-state index is 14.4. The second-order valence-electron chi connectivity index (χ2n) is 22.5. The van der Waals surface area contributed by atoms with Crippen LogP contribution in [-0.2, 0) is 48.2 Å². The molecule has 11 atom stereocenters. The summed E-state index contributed by atoms with van der Waals surface area (Å²) in [6.07, 6.45) is -1.60. The van der Waals surface area contributed by atoms with Gasteiger partial charge in [0, 0.05) is 40.0 Å². The predicted octanol–water partition coefficient (Wildman–Crippen LogP) is 3.35. The lowest BCUT2D eigenvalue weighted by molar-refractivity contribution is -0.147. The number of primary amides is 1. The molecule has 1 fully saturated rings. The molecule has 0 spiro atoms. The van der Waals surface area contributed by atoms with Crippen molar-refractivity contribution < 1.29 is 61.3 Å². The zero-order valence-corrected chi connectivity index (χ0v) is 49.5. The number of rotatable bonds is 30. The minimum atomic E-state index is -4.49. The van der Waals surface area contributed by atoms with Gasteiger partial charge < -0.3 is 61.0 Å². The number of hydrogen-bond acceptors (Lipinski definition) is 15. The molecule has 1 saturated heterocycles. The van der Waals surface area contributed by atoms with Crippen LogP contribution in [0.4, 0.5) is 15.3 Å². The van der Waals surface area contributed by atoms with Gasteiger partial charge in [0.15, 0.2) is 0 Å². The van der Waals surface area contributed by atoms with E-state index in [0.717, 1.165) is 0 Å². The van der Waals surface area contributed by atoms with Crippen LogP contribution in [0.5, 0.6) is 0 Å². The summed E-state index contributed by atoms with van der Waals surface area (Å²) in [5.41, 5.74) is 4.50. The van der Waals surface area contributed by atoms with E-state index in [1.165, 1.54) is 45.4 Å². The first-order chi connectivity index (χ1) is 35.7. The van der Waals surface area contributed by atoms with Gasteiger partial charge in [0.2, 0.25) is 29.5 Å². The molecule has 440 valence electrons. The largest absolute Gasteiger partial charge is 0.444 e. The van der Waals surface area contributed by atoms with Crippen molar-refractivity contribution in [3.8, 4) is 0 Å². The van der Waals surface area contributed by atoms with Gasteiger partial charge in [0.1, 0.15) is 23.9 Å². The van der Waals surface area contributed by atoms with E-state index >= 15 is 0 Å². The Labute approximate surface area is 458 Å². The number of ether oxygens (including phenoxy) is 3. The molecule has 23 nitrogen and oxygen atoms in total. The van der Waals surface area contributed by atoms with Crippen molar-refractivity contribution in [2.75, 3.05) is 53.8 Å². The number of alkyl carbamates (subject to hydrolysis) is 1. The zero-order valence-electron chi connectivity index (χ0n) is 48.7. The molecule has 0 saturated carbocycles. The SMILES string of the molecule is CC[C@H](C)[C@@H]([C@@H](CC(=O)N1CCC[C@H]1[C@H](OC)[C@@H](C)C(=O)NS(=O)(=O)c1ccc(NC(=O)[C@H](CCCNC(N)=O)NC(=O)[C@@H](NC(=O)OC(C)(C)C)C(C)C)cc1)OC)N(C)C(=O)[C@@H](NC(O)[C@H](C(C)C)N(C)C)C(C)C. The lowest BCUT2D eigenvalue weighted by atomic mass is 9.89. The Bertz CT molecular complexity index is 2200. The highest BCUT2D eigenvalue weighted by Gasteiger charge is 2.44. The average molecular weight is 1110 g/mol. The summed E-state index contributed by atoms with van der Waals surface area (Å²) < 4.78 is 46.7. The topological polar surface area (TPSA) is 309 Å². The summed E-state index contributed by atoms with van der Waals surface area (Å²) >= 11 is 0. The Morgan fingerprint density at radius 1 is 0.831 bits per heavy atom. The van der Waals surface area contributed by atoms with E-state index in [4.69, 9.17) is 19.9 Å². The van der Waals surface area contributed by atoms with Gasteiger partial charge in [-0.05, 0) is 108 Å². The zero-order chi connectivity index (χ0) is 58.9. The highest BCUT2D eigenvalue weighted by Crippen LogP contribution is 2.30. The Balaban J connectivity index is 2.28. The summed E-state index contributed by atoms with van der Waals surface area (Å²) in [6.45, 7) is 22.2. The molecule has 0 aliphatic carbocycles. The van der Waals surface area contributed by atoms with Gasteiger partial charge in [-0.25, -0.2) is 22.7 Å². The van der Waals surface area contributed by atoms with E-state index < -0.39 is 106 Å². The second kappa shape index (κ2) is 30.9. The highest BCUT2D eigenvalue weighted by molar-refractivity contribution is 7.90. The van der Waals surface area contributed by atoms with Gasteiger partial charge in [-0.3, -0.25) is 29.3 Å². The van der Waals surface area contributed by atoms with Crippen molar-refractivity contribution >= 4 is 57.4 Å². The van der Waals surface area contributed by atoms with Crippen molar-refractivity contribution in [3.05, 3.63) is 24.3 Å². The molecule has 0 radical (unpaired) electrons. The van der Waals surface area contributed by atoms with Crippen molar-refractivity contribution in [2.24, 2.45) is 35.3 Å². The number of anilines is 1. The lowest BCUT2D eigenvalue weighted by Gasteiger charge is -2.42. The third-order valence-corrected chi connectivity index (χ3v) is 15.4. The number of nitrogens with zero attached hydrogens (tertiary/aromatic N) is 3. The second-order valence-corrected chi connectivity index (χ2v) is 24.1. The molecular formula is C53H94N10O13S. The molecule has 2 rings (SSSR count). The molecule has 0 aromatic heterocycles. The maximum Gasteiger partial charge on any atom is 0.408 e. The normalized spacial score (nSPS) is 18.1. The quantitative estimate of drug-likeness (QED) is 0.0405. The molecule has 77 heavy (non-hydrogen) atoms. The molecular weight excluding hydrogens is 1020 g/mol. The summed E-state index contributed by atoms with van der Waals surface area (Å²) in [4.78, 5) is 98.5. The molecule has 0 bridgehead atoms. The summed E-state index contributed by atoms with van der Waals surface area (Å²) in [7, 11) is 3.86. The van der Waals surface area contributed by atoms with Crippen LogP contribution in [0.25, 0.3) is 0 Å². The first-order valence-corrected chi connectivity index (χ1v) is 28.2. The van der Waals surface area contributed by atoms with Crippen LogP contribution in [0.2, 0.25) is 0 Å². The molecule has 1 heterocycles. The number of urea groups is 1. The van der Waals surface area contributed by atoms with Crippen molar-refractivity contribution in [1.82, 2.24) is 40.7 Å². The number of aliphatic hydroxyl groups excluding tert-OH is 1. The van der Waals surface area contributed by atoms with Gasteiger partial charge in [-0.2, -0.15) is 0 Å². The Hall–Kier alpha value is -5.14. The van der Waals surface area contributed by atoms with Crippen LogP contribution in [0.1, 0.15) is 122 Å². The molecule has 1 unspecified atom stereocenters. The first kappa shape index (κ1) is 68.0. The minimum Gasteiger partial charge on any atom is -0.444 e. The van der Waals surface area contributed by atoms with E-state index in [9.17, 15) is 47.1 Å². The Morgan fingerprint density at radius 2 is 1.43 bits per heavy atom. The molecule has 1 aromatic rings. The number of likely N-dealkylation sites (N-methyl/N-ethyl adjacent to an activating group) is 2. The van der Waals surface area contributed by atoms with E-state index in [1.807, 2.05) is 60.5 Å². The Kier molecular flexibility index (Phi) is 27.2. The van der Waals surface area contributed by atoms with Crippen molar-refractivity contribution in [3.63, 3.8) is 0 Å². The molecule has 24 heteroatoms. The minimum absolute atomic E-state index is 0.0359. The van der Waals surface area contributed by atoms with Crippen molar-refractivity contribution in [2.45, 2.75) is 187 Å². The third-order valence-electron chi connectivity index (χ3n) is 14.0. The molecule has 1 aromatic carbocycles. The highest BCUT2D eigenvalue weighted by atomic mass is 32.2. The van der Waals surface area contributed by atoms with E-state index in [0.29, 0.717) is 25.8 Å². The molecule has 1 aliphatic rings. The van der Waals surface area contributed by atoms with Crippen molar-refractivity contribution in [1.29, 1.82) is 0 Å². The summed E-state index contributed by atoms with van der Waals surface area (Å²) in [6, 6.07) is -0.212. The van der Waals surface area contributed by atoms with Crippen LogP contribution >= 0.6 is 0 Å². The van der Waals surface area contributed by atoms with Crippen LogP contribution in [0.3, 0.4) is 0 Å². The number of carbonyl (C=O) groups excluding carboxylic acids is 7. The average Bonchev–Trinajstić information content (AvgIpc) is 3.81. The number of benzene rings is 1. The van der Waals surface area contributed by atoms with Gasteiger partial charge in [-0.1, -0.05) is 68.7 Å². The van der Waals surface area contributed by atoms with E-state index in [-0.39, 0.29) is 72.0 Å². The number of carbonyl (C=O) groups is 7. The van der Waals surface area contributed by atoms with E-state index in [1.54, 1.807) is 51.5 Å². The maximum atomic E-state index is 14.4. The number of likely N-dealkylation sites (tertiary alicyclic amines) is 1. The number of nitrogens with two attached hydrogens (primary N) is 1. The predicted molar refractivity (Wildman–Crippen MR) is 293 cm³/mol. The first-order valence-electron chi connectivity index (χ1n) is 26.8. The Morgan fingerprint density at radius 3 is 1.92 bits per heavy atom. The van der Waals surface area contributed by atoms with Gasteiger partial charge in [0.25, 0.3) is 10.0 Å². The fraction of sp³-hybridized carbons (Fsp3) is 0.755. The van der Waals surface area contributed by atoms with Crippen LogP contribution in [-0.4, -0.2) is 179 Å².